The Morgan fingerprint density at radius 1 is 1.28 bits per heavy atom. The van der Waals surface area contributed by atoms with Crippen molar-refractivity contribution in [3.8, 4) is 11.3 Å². The van der Waals surface area contributed by atoms with Crippen LogP contribution in [0.4, 0.5) is 0 Å². The van der Waals surface area contributed by atoms with Crippen LogP contribution in [-0.4, -0.2) is 26.5 Å². The third-order valence-corrected chi connectivity index (χ3v) is 5.78. The first-order valence-corrected chi connectivity index (χ1v) is 9.53. The number of ether oxygens (including phenoxy) is 1. The van der Waals surface area contributed by atoms with Crippen molar-refractivity contribution in [2.75, 3.05) is 7.11 Å². The fourth-order valence-corrected chi connectivity index (χ4v) is 4.42. The molecule has 0 fully saturated rings. The summed E-state index contributed by atoms with van der Waals surface area (Å²) in [6, 6.07) is 10.7. The van der Waals surface area contributed by atoms with E-state index in [9.17, 15) is 13.2 Å². The van der Waals surface area contributed by atoms with E-state index >= 15 is 0 Å². The topological polar surface area (TPSA) is 98.5 Å². The van der Waals surface area contributed by atoms with Crippen LogP contribution in [0.5, 0.6) is 0 Å². The van der Waals surface area contributed by atoms with Crippen LogP contribution in [0.25, 0.3) is 11.3 Å². The summed E-state index contributed by atoms with van der Waals surface area (Å²) in [5, 5.41) is 1.51. The van der Waals surface area contributed by atoms with Crippen LogP contribution in [0.1, 0.15) is 15.6 Å². The molecular weight excluding hydrogens is 364 g/mol. The molecule has 0 radical (unpaired) electrons. The summed E-state index contributed by atoms with van der Waals surface area (Å²) >= 11 is 0.999. The zero-order valence-corrected chi connectivity index (χ0v) is 14.8. The van der Waals surface area contributed by atoms with E-state index in [4.69, 9.17) is 4.42 Å². The summed E-state index contributed by atoms with van der Waals surface area (Å²) in [6.07, 6.45) is 1.53. The van der Waals surface area contributed by atoms with Crippen molar-refractivity contribution < 1.29 is 22.4 Å². The number of esters is 1. The molecule has 3 aromatic rings. The van der Waals surface area contributed by atoms with E-state index in [0.717, 1.165) is 16.9 Å². The zero-order chi connectivity index (χ0) is 17.9. The SMILES string of the molecule is COC(=O)c1sccc1S(=O)(=O)NCc1ncc(-c2ccccc2)o1. The van der Waals surface area contributed by atoms with E-state index < -0.39 is 16.0 Å². The second-order valence-electron chi connectivity index (χ2n) is 4.91. The van der Waals surface area contributed by atoms with Crippen molar-refractivity contribution in [1.82, 2.24) is 9.71 Å². The van der Waals surface area contributed by atoms with Gasteiger partial charge in [-0.3, -0.25) is 0 Å². The van der Waals surface area contributed by atoms with Gasteiger partial charge < -0.3 is 9.15 Å². The molecule has 0 unspecified atom stereocenters. The van der Waals surface area contributed by atoms with Crippen LogP contribution in [0.15, 0.2) is 57.3 Å². The third kappa shape index (κ3) is 3.78. The Balaban J connectivity index is 1.74. The lowest BCUT2D eigenvalue weighted by Gasteiger charge is -2.05. The fraction of sp³-hybridized carbons (Fsp3) is 0.125. The van der Waals surface area contributed by atoms with Crippen molar-refractivity contribution in [2.45, 2.75) is 11.4 Å². The van der Waals surface area contributed by atoms with Crippen molar-refractivity contribution in [3.05, 3.63) is 58.7 Å². The van der Waals surface area contributed by atoms with Crippen LogP contribution in [0.3, 0.4) is 0 Å². The average molecular weight is 378 g/mol. The Bertz CT molecular complexity index is 977. The predicted octanol–water partition coefficient (Wildman–Crippen LogP) is 2.67. The number of hydrogen-bond acceptors (Lipinski definition) is 7. The molecule has 1 N–H and O–H groups in total. The maximum absolute atomic E-state index is 12.4. The number of carbonyl (C=O) groups excluding carboxylic acids is 1. The summed E-state index contributed by atoms with van der Waals surface area (Å²) in [7, 11) is -2.70. The molecule has 0 saturated heterocycles. The number of methoxy groups -OCH3 is 1. The van der Waals surface area contributed by atoms with Gasteiger partial charge in [0.25, 0.3) is 0 Å². The molecule has 0 atom stereocenters. The minimum Gasteiger partial charge on any atom is -0.465 e. The first kappa shape index (κ1) is 17.3. The second kappa shape index (κ2) is 7.18. The Labute approximate surface area is 148 Å². The molecule has 130 valence electrons. The molecule has 9 heteroatoms. The van der Waals surface area contributed by atoms with Gasteiger partial charge in [0, 0.05) is 5.56 Å². The van der Waals surface area contributed by atoms with Gasteiger partial charge >= 0.3 is 5.97 Å². The molecular formula is C16H14N2O5S2. The van der Waals surface area contributed by atoms with Gasteiger partial charge in [-0.05, 0) is 11.4 Å². The molecule has 2 heterocycles. The number of sulfonamides is 1. The summed E-state index contributed by atoms with van der Waals surface area (Å²) in [4.78, 5) is 15.6. The van der Waals surface area contributed by atoms with Crippen LogP contribution < -0.4 is 4.72 Å². The predicted molar refractivity (Wildman–Crippen MR) is 91.6 cm³/mol. The molecule has 0 bridgehead atoms. The molecule has 0 aliphatic carbocycles. The van der Waals surface area contributed by atoms with Crippen molar-refractivity contribution in [2.24, 2.45) is 0 Å². The van der Waals surface area contributed by atoms with Crippen molar-refractivity contribution in [3.63, 3.8) is 0 Å². The highest BCUT2D eigenvalue weighted by Gasteiger charge is 2.25. The molecule has 0 saturated carbocycles. The van der Waals surface area contributed by atoms with Crippen LogP contribution in [0, 0.1) is 0 Å². The molecule has 7 nitrogen and oxygen atoms in total. The van der Waals surface area contributed by atoms with Gasteiger partial charge in [0.1, 0.15) is 9.77 Å². The molecule has 25 heavy (non-hydrogen) atoms. The van der Waals surface area contributed by atoms with Crippen LogP contribution in [0.2, 0.25) is 0 Å². The van der Waals surface area contributed by atoms with E-state index in [1.807, 2.05) is 30.3 Å². The zero-order valence-electron chi connectivity index (χ0n) is 13.1. The van der Waals surface area contributed by atoms with Gasteiger partial charge in [0.15, 0.2) is 5.76 Å². The van der Waals surface area contributed by atoms with Crippen molar-refractivity contribution >= 4 is 27.3 Å². The van der Waals surface area contributed by atoms with Gasteiger partial charge in [0.2, 0.25) is 15.9 Å². The lowest BCUT2D eigenvalue weighted by atomic mass is 10.2. The summed E-state index contributed by atoms with van der Waals surface area (Å²) in [6.45, 7) is -0.133. The Kier molecular flexibility index (Phi) is 4.98. The smallest absolute Gasteiger partial charge is 0.349 e. The number of aromatic nitrogens is 1. The second-order valence-corrected chi connectivity index (χ2v) is 7.57. The largest absolute Gasteiger partial charge is 0.465 e. The highest BCUT2D eigenvalue weighted by molar-refractivity contribution is 7.89. The molecule has 0 amide bonds. The molecule has 0 aliphatic rings. The molecule has 0 aliphatic heterocycles. The highest BCUT2D eigenvalue weighted by atomic mass is 32.2. The highest BCUT2D eigenvalue weighted by Crippen LogP contribution is 2.23. The van der Waals surface area contributed by atoms with Crippen LogP contribution in [-0.2, 0) is 21.3 Å². The number of benzene rings is 1. The van der Waals surface area contributed by atoms with E-state index in [-0.39, 0.29) is 22.2 Å². The van der Waals surface area contributed by atoms with Gasteiger partial charge in [-0.25, -0.2) is 22.9 Å². The first-order chi connectivity index (χ1) is 12.0. The monoisotopic (exact) mass is 378 g/mol. The molecule has 2 aromatic heterocycles. The van der Waals surface area contributed by atoms with E-state index in [0.29, 0.717) is 5.76 Å². The Hall–Kier alpha value is -2.49. The number of carbonyl (C=O) groups is 1. The molecule has 1 aromatic carbocycles. The lowest BCUT2D eigenvalue weighted by Crippen LogP contribution is -2.24. The number of oxazole rings is 1. The van der Waals surface area contributed by atoms with E-state index in [2.05, 4.69) is 14.4 Å². The van der Waals surface area contributed by atoms with Gasteiger partial charge in [-0.15, -0.1) is 11.3 Å². The first-order valence-electron chi connectivity index (χ1n) is 7.17. The van der Waals surface area contributed by atoms with E-state index in [1.54, 1.807) is 0 Å². The summed E-state index contributed by atoms with van der Waals surface area (Å²) in [5.41, 5.74) is 0.843. The number of hydrogen-bond donors (Lipinski definition) is 1. The number of thiophene rings is 1. The molecule has 0 spiro atoms. The van der Waals surface area contributed by atoms with Gasteiger partial charge in [-0.1, -0.05) is 30.3 Å². The third-order valence-electron chi connectivity index (χ3n) is 3.31. The van der Waals surface area contributed by atoms with Crippen molar-refractivity contribution in [1.29, 1.82) is 0 Å². The van der Waals surface area contributed by atoms with Gasteiger partial charge in [-0.2, -0.15) is 0 Å². The van der Waals surface area contributed by atoms with Crippen LogP contribution >= 0.6 is 11.3 Å². The quantitative estimate of drug-likeness (QED) is 0.662. The lowest BCUT2D eigenvalue weighted by molar-refractivity contribution is 0.0602. The minimum absolute atomic E-state index is 0.0207. The summed E-state index contributed by atoms with van der Waals surface area (Å²) < 4.78 is 37.3. The minimum atomic E-state index is -3.90. The van der Waals surface area contributed by atoms with Gasteiger partial charge in [0.05, 0.1) is 19.9 Å². The average Bonchev–Trinajstić information content (AvgIpc) is 3.30. The normalized spacial score (nSPS) is 11.4. The number of nitrogens with one attached hydrogen (secondary N) is 1. The Morgan fingerprint density at radius 3 is 2.76 bits per heavy atom. The number of nitrogens with zero attached hydrogens (tertiary/aromatic N) is 1. The fourth-order valence-electron chi connectivity index (χ4n) is 2.11. The van der Waals surface area contributed by atoms with E-state index in [1.165, 1.54) is 24.8 Å². The standard InChI is InChI=1S/C16H14N2O5S2/c1-22-16(19)15-13(7-8-24-15)25(20,21)18-10-14-17-9-12(23-14)11-5-3-2-4-6-11/h2-9,18H,10H2,1H3. The maximum atomic E-state index is 12.4. The molecule has 3 rings (SSSR count). The maximum Gasteiger partial charge on any atom is 0.349 e. The summed E-state index contributed by atoms with van der Waals surface area (Å²) in [5.74, 6) is 0.0655. The number of rotatable bonds is 6. The Morgan fingerprint density at radius 2 is 2.04 bits per heavy atom.